The van der Waals surface area contributed by atoms with Crippen LogP contribution in [0.1, 0.15) is 56.6 Å². The molecule has 2 aromatic carbocycles. The number of ether oxygens (including phenoxy) is 3. The first-order valence-electron chi connectivity index (χ1n) is 11.9. The Kier molecular flexibility index (Phi) is 6.32. The number of nitrogens with one attached hydrogen (secondary N) is 1. The minimum absolute atomic E-state index is 0.0167. The zero-order chi connectivity index (χ0) is 24.7. The smallest absolute Gasteiger partial charge is 0.336 e. The van der Waals surface area contributed by atoms with Crippen molar-refractivity contribution in [2.45, 2.75) is 45.4 Å². The van der Waals surface area contributed by atoms with E-state index >= 15 is 0 Å². The molecule has 2 heterocycles. The number of dihydropyridines is 1. The van der Waals surface area contributed by atoms with Gasteiger partial charge in [-0.25, -0.2) is 4.79 Å². The van der Waals surface area contributed by atoms with Gasteiger partial charge in [0.25, 0.3) is 0 Å². The number of carbonyl (C=O) groups excluding carboxylic acids is 2. The zero-order valence-corrected chi connectivity index (χ0v) is 20.8. The minimum atomic E-state index is -0.543. The maximum Gasteiger partial charge on any atom is 0.336 e. The first-order valence-corrected chi connectivity index (χ1v) is 12.3. The first kappa shape index (κ1) is 23.5. The van der Waals surface area contributed by atoms with Gasteiger partial charge in [-0.3, -0.25) is 4.79 Å². The number of ketones is 1. The highest BCUT2D eigenvalue weighted by atomic mass is 35.5. The van der Waals surface area contributed by atoms with Gasteiger partial charge in [0.15, 0.2) is 17.3 Å². The quantitative estimate of drug-likeness (QED) is 0.544. The summed E-state index contributed by atoms with van der Waals surface area (Å²) in [6, 6.07) is 13.2. The summed E-state index contributed by atoms with van der Waals surface area (Å²) in [6.45, 7) is 6.31. The summed E-state index contributed by atoms with van der Waals surface area (Å²) < 4.78 is 16.7. The van der Waals surface area contributed by atoms with Crippen LogP contribution in [0.3, 0.4) is 0 Å². The van der Waals surface area contributed by atoms with Crippen molar-refractivity contribution < 1.29 is 23.8 Å². The van der Waals surface area contributed by atoms with E-state index < -0.39 is 11.9 Å². The van der Waals surface area contributed by atoms with Crippen LogP contribution in [-0.2, 0) is 14.3 Å². The Balaban J connectivity index is 1.56. The number of benzene rings is 2. The van der Waals surface area contributed by atoms with E-state index in [0.717, 1.165) is 16.8 Å². The number of esters is 1. The number of allylic oxidation sites excluding steroid dienone is 3. The summed E-state index contributed by atoms with van der Waals surface area (Å²) in [4.78, 5) is 27.0. The molecule has 7 heteroatoms. The third-order valence-electron chi connectivity index (χ3n) is 6.67. The molecule has 182 valence electrons. The summed E-state index contributed by atoms with van der Waals surface area (Å²) in [5.41, 5.74) is 4.50. The number of Topliss-reactive ketones (excluding diaryl/α,β-unsaturated/α-hetero) is 1. The molecule has 0 spiro atoms. The first-order chi connectivity index (χ1) is 16.8. The molecule has 5 rings (SSSR count). The Labute approximate surface area is 209 Å². The molecule has 0 amide bonds. The largest absolute Gasteiger partial charge is 0.462 e. The molecule has 0 saturated heterocycles. The lowest BCUT2D eigenvalue weighted by Gasteiger charge is -2.36. The molecule has 6 nitrogen and oxygen atoms in total. The lowest BCUT2D eigenvalue weighted by molar-refractivity contribution is -0.140. The molecule has 2 aliphatic heterocycles. The number of hydrogen-bond donors (Lipinski definition) is 1. The molecule has 0 aromatic heterocycles. The average molecular weight is 494 g/mol. The van der Waals surface area contributed by atoms with Gasteiger partial charge >= 0.3 is 5.97 Å². The molecule has 0 radical (unpaired) electrons. The van der Waals surface area contributed by atoms with Crippen LogP contribution >= 0.6 is 11.6 Å². The standard InChI is InChI=1S/C28H28ClNO5/c1-15(2)13-33-28(32)25-16(3)30-21-10-19(17-4-7-20(29)8-5-17)11-22(31)27(21)26(25)18-6-9-23-24(12-18)35-14-34-23/h4-9,12,15,19,26,30H,10-11,13-14H2,1-3H3/t19-,26+/m1/s1. The van der Waals surface area contributed by atoms with Crippen LogP contribution in [0.25, 0.3) is 0 Å². The fourth-order valence-electron chi connectivity index (χ4n) is 5.03. The van der Waals surface area contributed by atoms with Gasteiger partial charge in [0.05, 0.1) is 12.2 Å². The second kappa shape index (κ2) is 9.42. The van der Waals surface area contributed by atoms with Gasteiger partial charge in [0.2, 0.25) is 6.79 Å². The van der Waals surface area contributed by atoms with Crippen LogP contribution < -0.4 is 14.8 Å². The fourth-order valence-corrected chi connectivity index (χ4v) is 5.15. The third-order valence-corrected chi connectivity index (χ3v) is 6.92. The highest BCUT2D eigenvalue weighted by molar-refractivity contribution is 6.30. The van der Waals surface area contributed by atoms with Crippen LogP contribution in [0.4, 0.5) is 0 Å². The number of carbonyl (C=O) groups is 2. The normalized spacial score (nSPS) is 21.2. The lowest BCUT2D eigenvalue weighted by Crippen LogP contribution is -2.36. The molecule has 1 aliphatic carbocycles. The van der Waals surface area contributed by atoms with E-state index in [1.54, 1.807) is 0 Å². The Morgan fingerprint density at radius 3 is 2.54 bits per heavy atom. The van der Waals surface area contributed by atoms with Crippen molar-refractivity contribution in [3.8, 4) is 11.5 Å². The number of fused-ring (bicyclic) bond motifs is 1. The van der Waals surface area contributed by atoms with Gasteiger partial charge in [-0.2, -0.15) is 0 Å². The summed E-state index contributed by atoms with van der Waals surface area (Å²) in [7, 11) is 0. The van der Waals surface area contributed by atoms with Crippen molar-refractivity contribution in [1.82, 2.24) is 5.32 Å². The maximum absolute atomic E-state index is 13.7. The molecule has 1 N–H and O–H groups in total. The second-order valence-electron chi connectivity index (χ2n) is 9.67. The minimum Gasteiger partial charge on any atom is -0.462 e. The highest BCUT2D eigenvalue weighted by Gasteiger charge is 2.42. The molecule has 3 aliphatic rings. The van der Waals surface area contributed by atoms with Gasteiger partial charge in [-0.05, 0) is 60.6 Å². The Hall–Kier alpha value is -3.25. The molecule has 0 unspecified atom stereocenters. The van der Waals surface area contributed by atoms with Gasteiger partial charge in [0, 0.05) is 34.3 Å². The topological polar surface area (TPSA) is 73.9 Å². The van der Waals surface area contributed by atoms with E-state index in [4.69, 9.17) is 25.8 Å². The van der Waals surface area contributed by atoms with Gasteiger partial charge < -0.3 is 19.5 Å². The second-order valence-corrected chi connectivity index (χ2v) is 10.1. The molecule has 35 heavy (non-hydrogen) atoms. The number of halogens is 1. The Morgan fingerprint density at radius 1 is 1.09 bits per heavy atom. The number of hydrogen-bond acceptors (Lipinski definition) is 6. The van der Waals surface area contributed by atoms with Crippen molar-refractivity contribution in [1.29, 1.82) is 0 Å². The van der Waals surface area contributed by atoms with Crippen molar-refractivity contribution in [2.24, 2.45) is 5.92 Å². The zero-order valence-electron chi connectivity index (χ0n) is 20.0. The van der Waals surface area contributed by atoms with E-state index in [1.807, 2.05) is 63.2 Å². The molecule has 0 bridgehead atoms. The molecule has 0 fully saturated rings. The SMILES string of the molecule is CC1=C(C(=O)OCC(C)C)[C@H](c2ccc3c(c2)OCO3)C2=C(C[C@@H](c3ccc(Cl)cc3)CC2=O)N1. The summed E-state index contributed by atoms with van der Waals surface area (Å²) >= 11 is 6.07. The molecular weight excluding hydrogens is 466 g/mol. The van der Waals surface area contributed by atoms with Crippen molar-refractivity contribution in [3.05, 3.63) is 81.2 Å². The Morgan fingerprint density at radius 2 is 1.80 bits per heavy atom. The van der Waals surface area contributed by atoms with Crippen LogP contribution in [0.2, 0.25) is 5.02 Å². The van der Waals surface area contributed by atoms with Crippen molar-refractivity contribution in [3.63, 3.8) is 0 Å². The predicted octanol–water partition coefficient (Wildman–Crippen LogP) is 5.63. The summed E-state index contributed by atoms with van der Waals surface area (Å²) in [5.74, 6) is 0.558. The van der Waals surface area contributed by atoms with Crippen LogP contribution in [-0.4, -0.2) is 25.2 Å². The summed E-state index contributed by atoms with van der Waals surface area (Å²) in [5, 5.41) is 4.05. The molecule has 2 atom stereocenters. The van der Waals surface area contributed by atoms with Crippen molar-refractivity contribution in [2.75, 3.05) is 13.4 Å². The van der Waals surface area contributed by atoms with Gasteiger partial charge in [0.1, 0.15) is 0 Å². The third kappa shape index (κ3) is 4.55. The Bertz CT molecular complexity index is 1240. The molecule has 2 aromatic rings. The van der Waals surface area contributed by atoms with Crippen molar-refractivity contribution >= 4 is 23.4 Å². The van der Waals surface area contributed by atoms with E-state index in [9.17, 15) is 9.59 Å². The lowest BCUT2D eigenvalue weighted by atomic mass is 9.71. The van der Waals surface area contributed by atoms with Crippen LogP contribution in [0, 0.1) is 5.92 Å². The van der Waals surface area contributed by atoms with Gasteiger partial charge in [-0.15, -0.1) is 0 Å². The van der Waals surface area contributed by atoms with Crippen LogP contribution in [0.5, 0.6) is 11.5 Å². The molecule has 0 saturated carbocycles. The van der Waals surface area contributed by atoms with E-state index in [1.165, 1.54) is 0 Å². The van der Waals surface area contributed by atoms with E-state index in [-0.39, 0.29) is 24.4 Å². The highest BCUT2D eigenvalue weighted by Crippen LogP contribution is 2.47. The molecular formula is C28H28ClNO5. The van der Waals surface area contributed by atoms with E-state index in [0.29, 0.717) is 52.8 Å². The summed E-state index contributed by atoms with van der Waals surface area (Å²) in [6.07, 6.45) is 1.02. The average Bonchev–Trinajstić information content (AvgIpc) is 3.30. The monoisotopic (exact) mass is 493 g/mol. The fraction of sp³-hybridized carbons (Fsp3) is 0.357. The van der Waals surface area contributed by atoms with Crippen LogP contribution in [0.15, 0.2) is 65.0 Å². The van der Waals surface area contributed by atoms with Gasteiger partial charge in [-0.1, -0.05) is 43.6 Å². The van der Waals surface area contributed by atoms with E-state index in [2.05, 4.69) is 5.32 Å². The number of rotatable bonds is 5. The maximum atomic E-state index is 13.7. The predicted molar refractivity (Wildman–Crippen MR) is 132 cm³/mol.